The summed E-state index contributed by atoms with van der Waals surface area (Å²) < 4.78 is 13.0. The quantitative estimate of drug-likeness (QED) is 0.321. The molecule has 0 atom stereocenters. The Labute approximate surface area is 107 Å². The maximum atomic E-state index is 13.0. The fourth-order valence-electron chi connectivity index (χ4n) is 1.44. The van der Waals surface area contributed by atoms with E-state index in [0.29, 0.717) is 25.0 Å². The predicted molar refractivity (Wildman–Crippen MR) is 72.6 cm³/mol. The summed E-state index contributed by atoms with van der Waals surface area (Å²) in [6.45, 7) is 5.55. The molecule has 18 heavy (non-hydrogen) atoms. The number of aliphatic imine (C=N–C) groups is 1. The maximum absolute atomic E-state index is 13.0. The van der Waals surface area contributed by atoms with Crippen LogP contribution in [0, 0.1) is 11.7 Å². The summed E-state index contributed by atoms with van der Waals surface area (Å²) in [7, 11) is 0. The molecular formula is C13H21FN4. The van der Waals surface area contributed by atoms with Gasteiger partial charge in [0.25, 0.3) is 0 Å². The SMILES string of the molecule is CC(C)CN=C(NN)NCCc1cccc(F)c1. The third-order valence-electron chi connectivity index (χ3n) is 2.35. The van der Waals surface area contributed by atoms with Crippen molar-refractivity contribution in [3.8, 4) is 0 Å². The minimum atomic E-state index is -0.210. The molecule has 4 N–H and O–H groups in total. The lowest BCUT2D eigenvalue weighted by Gasteiger charge is -2.10. The first-order chi connectivity index (χ1) is 8.61. The fraction of sp³-hybridized carbons (Fsp3) is 0.462. The van der Waals surface area contributed by atoms with E-state index in [2.05, 4.69) is 29.6 Å². The number of halogens is 1. The molecule has 0 spiro atoms. The van der Waals surface area contributed by atoms with E-state index in [9.17, 15) is 4.39 Å². The van der Waals surface area contributed by atoms with Crippen molar-refractivity contribution in [2.75, 3.05) is 13.1 Å². The Bertz CT molecular complexity index is 390. The van der Waals surface area contributed by atoms with E-state index in [1.165, 1.54) is 12.1 Å². The number of benzene rings is 1. The van der Waals surface area contributed by atoms with Crippen LogP contribution in [0.4, 0.5) is 4.39 Å². The molecule has 0 amide bonds. The molecular weight excluding hydrogens is 231 g/mol. The Hall–Kier alpha value is -1.62. The van der Waals surface area contributed by atoms with Crippen LogP contribution in [-0.4, -0.2) is 19.0 Å². The highest BCUT2D eigenvalue weighted by molar-refractivity contribution is 5.79. The van der Waals surface area contributed by atoms with Crippen LogP contribution >= 0.6 is 0 Å². The minimum absolute atomic E-state index is 0.210. The fourth-order valence-corrected chi connectivity index (χ4v) is 1.44. The molecule has 0 fully saturated rings. The normalized spacial score (nSPS) is 11.7. The summed E-state index contributed by atoms with van der Waals surface area (Å²) in [5.41, 5.74) is 3.47. The van der Waals surface area contributed by atoms with Crippen molar-refractivity contribution in [3.05, 3.63) is 35.6 Å². The van der Waals surface area contributed by atoms with Crippen molar-refractivity contribution in [2.45, 2.75) is 20.3 Å². The first-order valence-corrected chi connectivity index (χ1v) is 6.11. The van der Waals surface area contributed by atoms with E-state index in [1.807, 2.05) is 6.07 Å². The van der Waals surface area contributed by atoms with E-state index in [0.717, 1.165) is 12.0 Å². The molecule has 0 saturated heterocycles. The maximum Gasteiger partial charge on any atom is 0.205 e. The highest BCUT2D eigenvalue weighted by atomic mass is 19.1. The van der Waals surface area contributed by atoms with Gasteiger partial charge in [-0.15, -0.1) is 0 Å². The lowest BCUT2D eigenvalue weighted by atomic mass is 10.1. The van der Waals surface area contributed by atoms with Crippen LogP contribution < -0.4 is 16.6 Å². The van der Waals surface area contributed by atoms with Gasteiger partial charge in [0.1, 0.15) is 5.82 Å². The topological polar surface area (TPSA) is 62.4 Å². The number of nitrogens with two attached hydrogens (primary N) is 1. The van der Waals surface area contributed by atoms with E-state index < -0.39 is 0 Å². The molecule has 0 aliphatic heterocycles. The van der Waals surface area contributed by atoms with Crippen LogP contribution in [0.2, 0.25) is 0 Å². The predicted octanol–water partition coefficient (Wildman–Crippen LogP) is 1.43. The largest absolute Gasteiger partial charge is 0.355 e. The summed E-state index contributed by atoms with van der Waals surface area (Å²) >= 11 is 0. The van der Waals surface area contributed by atoms with Crippen LogP contribution in [-0.2, 0) is 6.42 Å². The summed E-state index contributed by atoms with van der Waals surface area (Å²) in [6, 6.07) is 6.57. The van der Waals surface area contributed by atoms with Gasteiger partial charge in [-0.1, -0.05) is 26.0 Å². The second-order valence-corrected chi connectivity index (χ2v) is 4.53. The van der Waals surface area contributed by atoms with E-state index in [1.54, 1.807) is 6.07 Å². The average Bonchev–Trinajstić information content (AvgIpc) is 2.33. The molecule has 0 saturated carbocycles. The van der Waals surface area contributed by atoms with Crippen molar-refractivity contribution in [2.24, 2.45) is 16.8 Å². The molecule has 1 aromatic rings. The number of guanidine groups is 1. The molecule has 0 bridgehead atoms. The van der Waals surface area contributed by atoms with Gasteiger partial charge in [0.2, 0.25) is 5.96 Å². The zero-order valence-electron chi connectivity index (χ0n) is 10.9. The second-order valence-electron chi connectivity index (χ2n) is 4.53. The van der Waals surface area contributed by atoms with Crippen LogP contribution in [0.3, 0.4) is 0 Å². The lowest BCUT2D eigenvalue weighted by Crippen LogP contribution is -2.42. The van der Waals surface area contributed by atoms with E-state index >= 15 is 0 Å². The van der Waals surface area contributed by atoms with Crippen molar-refractivity contribution in [1.82, 2.24) is 10.7 Å². The van der Waals surface area contributed by atoms with Gasteiger partial charge in [-0.2, -0.15) is 0 Å². The van der Waals surface area contributed by atoms with Crippen molar-refractivity contribution in [1.29, 1.82) is 0 Å². The zero-order valence-corrected chi connectivity index (χ0v) is 10.9. The molecule has 5 heteroatoms. The lowest BCUT2D eigenvalue weighted by molar-refractivity contribution is 0.624. The molecule has 0 radical (unpaired) electrons. The summed E-state index contributed by atoms with van der Waals surface area (Å²) in [6.07, 6.45) is 0.722. The highest BCUT2D eigenvalue weighted by Crippen LogP contribution is 2.03. The molecule has 0 heterocycles. The Morgan fingerprint density at radius 2 is 2.22 bits per heavy atom. The number of hydrazine groups is 1. The standard InChI is InChI=1S/C13H21FN4/c1-10(2)9-17-13(18-15)16-7-6-11-4-3-5-12(14)8-11/h3-5,8,10H,6-7,9,15H2,1-2H3,(H2,16,17,18). The molecule has 1 aromatic carbocycles. The average molecular weight is 252 g/mol. The van der Waals surface area contributed by atoms with Crippen LogP contribution in [0.25, 0.3) is 0 Å². The Kier molecular flexibility index (Phi) is 6.14. The molecule has 1 rings (SSSR count). The number of nitrogens with one attached hydrogen (secondary N) is 2. The van der Waals surface area contributed by atoms with Gasteiger partial charge < -0.3 is 5.32 Å². The van der Waals surface area contributed by atoms with Gasteiger partial charge in [0.15, 0.2) is 0 Å². The van der Waals surface area contributed by atoms with E-state index in [-0.39, 0.29) is 5.82 Å². The minimum Gasteiger partial charge on any atom is -0.355 e. The molecule has 0 aromatic heterocycles. The second kappa shape index (κ2) is 7.66. The molecule has 0 aliphatic carbocycles. The van der Waals surface area contributed by atoms with Crippen LogP contribution in [0.5, 0.6) is 0 Å². The van der Waals surface area contributed by atoms with Gasteiger partial charge in [0.05, 0.1) is 0 Å². The van der Waals surface area contributed by atoms with Gasteiger partial charge in [-0.3, -0.25) is 10.4 Å². The van der Waals surface area contributed by atoms with E-state index in [4.69, 9.17) is 5.84 Å². The summed E-state index contributed by atoms with van der Waals surface area (Å²) in [4.78, 5) is 4.29. The number of hydrogen-bond donors (Lipinski definition) is 3. The van der Waals surface area contributed by atoms with Gasteiger partial charge in [0, 0.05) is 13.1 Å². The number of rotatable bonds is 5. The number of hydrogen-bond acceptors (Lipinski definition) is 2. The Morgan fingerprint density at radius 1 is 1.44 bits per heavy atom. The van der Waals surface area contributed by atoms with Crippen molar-refractivity contribution >= 4 is 5.96 Å². The Balaban J connectivity index is 2.37. The summed E-state index contributed by atoms with van der Waals surface area (Å²) in [5, 5.41) is 3.08. The first-order valence-electron chi connectivity index (χ1n) is 6.11. The van der Waals surface area contributed by atoms with Crippen molar-refractivity contribution < 1.29 is 4.39 Å². The molecule has 0 unspecified atom stereocenters. The van der Waals surface area contributed by atoms with Gasteiger partial charge >= 0.3 is 0 Å². The van der Waals surface area contributed by atoms with Gasteiger partial charge in [-0.05, 0) is 30.0 Å². The van der Waals surface area contributed by atoms with Crippen molar-refractivity contribution in [3.63, 3.8) is 0 Å². The third kappa shape index (κ3) is 5.63. The highest BCUT2D eigenvalue weighted by Gasteiger charge is 1.99. The number of nitrogens with zero attached hydrogens (tertiary/aromatic N) is 1. The summed E-state index contributed by atoms with van der Waals surface area (Å²) in [5.74, 6) is 6.20. The Morgan fingerprint density at radius 3 is 2.83 bits per heavy atom. The molecule has 0 aliphatic rings. The first kappa shape index (κ1) is 14.4. The third-order valence-corrected chi connectivity index (χ3v) is 2.35. The van der Waals surface area contributed by atoms with Crippen LogP contribution in [0.1, 0.15) is 19.4 Å². The molecule has 4 nitrogen and oxygen atoms in total. The monoisotopic (exact) mass is 252 g/mol. The van der Waals surface area contributed by atoms with Crippen LogP contribution in [0.15, 0.2) is 29.3 Å². The van der Waals surface area contributed by atoms with Gasteiger partial charge in [-0.25, -0.2) is 10.2 Å². The smallest absolute Gasteiger partial charge is 0.205 e. The molecule has 100 valence electrons. The zero-order chi connectivity index (χ0) is 13.4.